The second kappa shape index (κ2) is 4.00. The fourth-order valence-electron chi connectivity index (χ4n) is 1.48. The molecule has 0 spiro atoms. The topological polar surface area (TPSA) is 42.2 Å². The lowest BCUT2D eigenvalue weighted by Crippen LogP contribution is -2.21. The Morgan fingerprint density at radius 3 is 2.80 bits per heavy atom. The molecule has 0 atom stereocenters. The molecule has 0 unspecified atom stereocenters. The zero-order valence-corrected chi connectivity index (χ0v) is 9.12. The van der Waals surface area contributed by atoms with Crippen LogP contribution < -0.4 is 5.56 Å². The average Bonchev–Trinajstić information content (AvgIpc) is 2.75. The molecule has 0 aliphatic carbocycles. The highest BCUT2D eigenvalue weighted by molar-refractivity contribution is 7.13. The van der Waals surface area contributed by atoms with E-state index in [-0.39, 0.29) is 12.2 Å². The molecule has 1 N–H and O–H groups in total. The van der Waals surface area contributed by atoms with E-state index in [9.17, 15) is 4.79 Å². The van der Waals surface area contributed by atoms with Gasteiger partial charge in [0.1, 0.15) is 0 Å². The molecular formula is C11H11NO2S. The summed E-state index contributed by atoms with van der Waals surface area (Å²) in [6.07, 6.45) is 0. The van der Waals surface area contributed by atoms with Crippen molar-refractivity contribution in [3.05, 3.63) is 45.6 Å². The van der Waals surface area contributed by atoms with Crippen LogP contribution in [0.15, 0.2) is 34.4 Å². The third-order valence-electron chi connectivity index (χ3n) is 2.33. The molecule has 78 valence electrons. The summed E-state index contributed by atoms with van der Waals surface area (Å²) in [5.74, 6) is 0. The van der Waals surface area contributed by atoms with E-state index < -0.39 is 0 Å². The monoisotopic (exact) mass is 221 g/mol. The van der Waals surface area contributed by atoms with Crippen LogP contribution in [-0.4, -0.2) is 9.67 Å². The van der Waals surface area contributed by atoms with Gasteiger partial charge in [0.2, 0.25) is 0 Å². The summed E-state index contributed by atoms with van der Waals surface area (Å²) in [6, 6.07) is 7.46. The van der Waals surface area contributed by atoms with E-state index in [1.54, 1.807) is 29.0 Å². The minimum absolute atomic E-state index is 0.136. The Morgan fingerprint density at radius 2 is 2.20 bits per heavy atom. The zero-order valence-electron chi connectivity index (χ0n) is 8.30. The number of rotatable bonds is 2. The summed E-state index contributed by atoms with van der Waals surface area (Å²) in [4.78, 5) is 12.8. The maximum absolute atomic E-state index is 11.7. The van der Waals surface area contributed by atoms with Crippen LogP contribution in [0.5, 0.6) is 0 Å². The van der Waals surface area contributed by atoms with Crippen molar-refractivity contribution in [1.82, 2.24) is 4.57 Å². The molecule has 3 nitrogen and oxygen atoms in total. The van der Waals surface area contributed by atoms with Gasteiger partial charge < -0.3 is 9.67 Å². The fraction of sp³-hybridized carbons (Fsp3) is 0.182. The van der Waals surface area contributed by atoms with Crippen molar-refractivity contribution in [3.8, 4) is 10.6 Å². The van der Waals surface area contributed by atoms with Gasteiger partial charge in [0.15, 0.2) is 0 Å². The first kappa shape index (κ1) is 10.1. The third-order valence-corrected chi connectivity index (χ3v) is 3.22. The Labute approximate surface area is 91.2 Å². The average molecular weight is 221 g/mol. The van der Waals surface area contributed by atoms with Gasteiger partial charge in [0.05, 0.1) is 17.2 Å². The highest BCUT2D eigenvalue weighted by Crippen LogP contribution is 2.22. The highest BCUT2D eigenvalue weighted by Gasteiger charge is 2.06. The van der Waals surface area contributed by atoms with Gasteiger partial charge in [-0.25, -0.2) is 0 Å². The van der Waals surface area contributed by atoms with Crippen molar-refractivity contribution in [3.63, 3.8) is 0 Å². The summed E-state index contributed by atoms with van der Waals surface area (Å²) in [5.41, 5.74) is 1.17. The molecule has 2 aromatic rings. The van der Waals surface area contributed by atoms with Crippen LogP contribution in [-0.2, 0) is 13.7 Å². The van der Waals surface area contributed by atoms with Crippen LogP contribution in [0.25, 0.3) is 10.6 Å². The lowest BCUT2D eigenvalue weighted by atomic mass is 10.2. The second-order valence-corrected chi connectivity index (χ2v) is 4.19. The number of aromatic nitrogens is 1. The quantitative estimate of drug-likeness (QED) is 0.837. The van der Waals surface area contributed by atoms with Crippen molar-refractivity contribution in [2.45, 2.75) is 6.61 Å². The largest absolute Gasteiger partial charge is 0.391 e. The summed E-state index contributed by atoms with van der Waals surface area (Å²) >= 11 is 1.59. The Kier molecular flexibility index (Phi) is 2.70. The molecule has 0 aliphatic heterocycles. The Balaban J connectivity index is 2.62. The number of aliphatic hydroxyl groups is 1. The van der Waals surface area contributed by atoms with Gasteiger partial charge in [0, 0.05) is 12.6 Å². The normalized spacial score (nSPS) is 10.5. The Hall–Kier alpha value is -1.39. The number of hydrogen-bond acceptors (Lipinski definition) is 3. The van der Waals surface area contributed by atoms with Crippen LogP contribution in [0.2, 0.25) is 0 Å². The molecular weight excluding hydrogens is 210 g/mol. The van der Waals surface area contributed by atoms with Crippen molar-refractivity contribution in [2.75, 3.05) is 0 Å². The molecule has 2 rings (SSSR count). The first-order valence-corrected chi connectivity index (χ1v) is 5.45. The summed E-state index contributed by atoms with van der Waals surface area (Å²) in [7, 11) is 1.72. The van der Waals surface area contributed by atoms with Crippen LogP contribution in [0.4, 0.5) is 0 Å². The van der Waals surface area contributed by atoms with E-state index in [0.29, 0.717) is 5.56 Å². The van der Waals surface area contributed by atoms with Crippen LogP contribution in [0.1, 0.15) is 5.56 Å². The number of aliphatic hydroxyl groups excluding tert-OH is 1. The van der Waals surface area contributed by atoms with Crippen LogP contribution in [0, 0.1) is 0 Å². The van der Waals surface area contributed by atoms with E-state index in [1.165, 1.54) is 0 Å². The molecule has 0 bridgehead atoms. The molecule has 0 aromatic carbocycles. The van der Waals surface area contributed by atoms with Gasteiger partial charge in [-0.1, -0.05) is 6.07 Å². The maximum atomic E-state index is 11.7. The lowest BCUT2D eigenvalue weighted by Gasteiger charge is -2.07. The second-order valence-electron chi connectivity index (χ2n) is 3.24. The van der Waals surface area contributed by atoms with E-state index >= 15 is 0 Å². The lowest BCUT2D eigenvalue weighted by molar-refractivity contribution is 0.279. The molecule has 0 saturated carbocycles. The predicted molar refractivity (Wildman–Crippen MR) is 60.9 cm³/mol. The Morgan fingerprint density at radius 1 is 1.40 bits per heavy atom. The molecule has 2 heterocycles. The standard InChI is InChI=1S/C11H11NO2S/c1-12-9(10-3-2-6-15-10)5-4-8(7-13)11(12)14/h2-6,13H,7H2,1H3. The van der Waals surface area contributed by atoms with Crippen LogP contribution in [0.3, 0.4) is 0 Å². The van der Waals surface area contributed by atoms with Crippen LogP contribution >= 0.6 is 11.3 Å². The minimum atomic E-state index is -0.211. The van der Waals surface area contributed by atoms with E-state index in [4.69, 9.17) is 5.11 Å². The number of hydrogen-bond donors (Lipinski definition) is 1. The molecule has 0 amide bonds. The number of thiophene rings is 1. The molecule has 0 saturated heterocycles. The first-order chi connectivity index (χ1) is 7.24. The highest BCUT2D eigenvalue weighted by atomic mass is 32.1. The zero-order chi connectivity index (χ0) is 10.8. The SMILES string of the molecule is Cn1c(-c2cccs2)ccc(CO)c1=O. The smallest absolute Gasteiger partial charge is 0.256 e. The van der Waals surface area contributed by atoms with Gasteiger partial charge >= 0.3 is 0 Å². The molecule has 0 aliphatic rings. The Bertz CT molecular complexity index is 514. The van der Waals surface area contributed by atoms with E-state index in [1.807, 2.05) is 23.6 Å². The van der Waals surface area contributed by atoms with Gasteiger partial charge in [-0.15, -0.1) is 11.3 Å². The van der Waals surface area contributed by atoms with E-state index in [2.05, 4.69) is 0 Å². The molecule has 15 heavy (non-hydrogen) atoms. The predicted octanol–water partition coefficient (Wildman–Crippen LogP) is 1.61. The van der Waals surface area contributed by atoms with Crippen molar-refractivity contribution in [1.29, 1.82) is 0 Å². The fourth-order valence-corrected chi connectivity index (χ4v) is 2.27. The maximum Gasteiger partial charge on any atom is 0.256 e. The molecule has 4 heteroatoms. The van der Waals surface area contributed by atoms with Crippen molar-refractivity contribution >= 4 is 11.3 Å². The van der Waals surface area contributed by atoms with Gasteiger partial charge in [-0.3, -0.25) is 4.79 Å². The summed E-state index contributed by atoms with van der Waals surface area (Å²) in [6.45, 7) is -0.211. The minimum Gasteiger partial charge on any atom is -0.391 e. The van der Waals surface area contributed by atoms with Crippen molar-refractivity contribution in [2.24, 2.45) is 7.05 Å². The summed E-state index contributed by atoms with van der Waals surface area (Å²) < 4.78 is 1.57. The van der Waals surface area contributed by atoms with E-state index in [0.717, 1.165) is 10.6 Å². The summed E-state index contributed by atoms with van der Waals surface area (Å²) in [5, 5.41) is 10.9. The van der Waals surface area contributed by atoms with Gasteiger partial charge in [-0.05, 0) is 23.6 Å². The first-order valence-electron chi connectivity index (χ1n) is 4.57. The third kappa shape index (κ3) is 1.73. The molecule has 0 fully saturated rings. The van der Waals surface area contributed by atoms with Gasteiger partial charge in [0.25, 0.3) is 5.56 Å². The number of pyridine rings is 1. The number of nitrogens with zero attached hydrogens (tertiary/aromatic N) is 1. The van der Waals surface area contributed by atoms with Crippen molar-refractivity contribution < 1.29 is 5.11 Å². The van der Waals surface area contributed by atoms with Gasteiger partial charge in [-0.2, -0.15) is 0 Å². The molecule has 0 radical (unpaired) electrons. The molecule has 2 aromatic heterocycles.